The molecule has 0 spiro atoms. The summed E-state index contributed by atoms with van der Waals surface area (Å²) in [5.41, 5.74) is 0.394. The molecule has 5 heteroatoms. The second-order valence-corrected chi connectivity index (χ2v) is 4.84. The summed E-state index contributed by atoms with van der Waals surface area (Å²) in [5.74, 6) is -0.737. The smallest absolute Gasteiger partial charge is 0.338 e. The van der Waals surface area contributed by atoms with Crippen LogP contribution in [0.25, 0.3) is 0 Å². The maximum Gasteiger partial charge on any atom is 0.338 e. The van der Waals surface area contributed by atoms with E-state index < -0.39 is 0 Å². The van der Waals surface area contributed by atoms with Gasteiger partial charge in [-0.15, -0.1) is 12.4 Å². The number of esters is 1. The van der Waals surface area contributed by atoms with Crippen molar-refractivity contribution < 1.29 is 13.9 Å². The van der Waals surface area contributed by atoms with Crippen LogP contribution in [0.2, 0.25) is 0 Å². The number of rotatable bonds is 9. The summed E-state index contributed by atoms with van der Waals surface area (Å²) in [7, 11) is 0. The van der Waals surface area contributed by atoms with E-state index in [0.717, 1.165) is 38.9 Å². The van der Waals surface area contributed by atoms with Crippen LogP contribution in [0.4, 0.5) is 4.39 Å². The zero-order valence-electron chi connectivity index (χ0n) is 12.8. The van der Waals surface area contributed by atoms with E-state index in [1.54, 1.807) is 0 Å². The molecule has 0 saturated carbocycles. The monoisotopic (exact) mass is 317 g/mol. The van der Waals surface area contributed by atoms with Gasteiger partial charge in [0.2, 0.25) is 0 Å². The summed E-state index contributed by atoms with van der Waals surface area (Å²) in [4.78, 5) is 14.1. The third-order valence-corrected chi connectivity index (χ3v) is 3.01. The topological polar surface area (TPSA) is 29.5 Å². The average molecular weight is 318 g/mol. The first kappa shape index (κ1) is 19.9. The minimum atomic E-state index is -0.387. The number of hydrogen-bond acceptors (Lipinski definition) is 3. The Morgan fingerprint density at radius 3 is 2.19 bits per heavy atom. The molecule has 0 N–H and O–H groups in total. The Morgan fingerprint density at radius 2 is 1.67 bits per heavy atom. The predicted octanol–water partition coefficient (Wildman–Crippen LogP) is 3.92. The lowest BCUT2D eigenvalue weighted by Gasteiger charge is -2.20. The number of benzene rings is 1. The van der Waals surface area contributed by atoms with Gasteiger partial charge in [-0.25, -0.2) is 9.18 Å². The Hall–Kier alpha value is -1.13. The molecular formula is C16H25ClFNO2. The van der Waals surface area contributed by atoms with E-state index in [4.69, 9.17) is 4.74 Å². The van der Waals surface area contributed by atoms with E-state index in [0.29, 0.717) is 12.2 Å². The van der Waals surface area contributed by atoms with Gasteiger partial charge in [-0.1, -0.05) is 13.8 Å². The number of hydrogen-bond donors (Lipinski definition) is 0. The molecule has 0 bridgehead atoms. The average Bonchev–Trinajstić information content (AvgIpc) is 2.44. The van der Waals surface area contributed by atoms with E-state index in [1.165, 1.54) is 24.3 Å². The largest absolute Gasteiger partial charge is 0.462 e. The van der Waals surface area contributed by atoms with E-state index in [-0.39, 0.29) is 24.2 Å². The second kappa shape index (κ2) is 11.5. The van der Waals surface area contributed by atoms with Gasteiger partial charge in [0.1, 0.15) is 5.82 Å². The van der Waals surface area contributed by atoms with Gasteiger partial charge in [0.25, 0.3) is 0 Å². The lowest BCUT2D eigenvalue weighted by atomic mass is 10.2. The van der Waals surface area contributed by atoms with Gasteiger partial charge in [-0.2, -0.15) is 0 Å². The maximum atomic E-state index is 12.7. The van der Waals surface area contributed by atoms with Gasteiger partial charge >= 0.3 is 5.97 Å². The van der Waals surface area contributed by atoms with Crippen molar-refractivity contribution in [1.82, 2.24) is 4.90 Å². The van der Waals surface area contributed by atoms with Gasteiger partial charge in [-0.05, 0) is 56.6 Å². The van der Waals surface area contributed by atoms with Crippen molar-refractivity contribution in [1.29, 1.82) is 0 Å². The van der Waals surface area contributed by atoms with Crippen molar-refractivity contribution in [3.63, 3.8) is 0 Å². The molecule has 0 saturated heterocycles. The molecule has 0 heterocycles. The molecule has 0 aliphatic carbocycles. The summed E-state index contributed by atoms with van der Waals surface area (Å²) in [6.45, 7) is 7.84. The molecule has 21 heavy (non-hydrogen) atoms. The lowest BCUT2D eigenvalue weighted by Crippen LogP contribution is -2.27. The molecule has 120 valence electrons. The van der Waals surface area contributed by atoms with Crippen LogP contribution < -0.4 is 0 Å². The number of nitrogens with zero attached hydrogens (tertiary/aromatic N) is 1. The molecule has 1 aromatic carbocycles. The standard InChI is InChI=1S/C16H24FNO2.ClH/c1-3-10-18(11-4-2)12-5-13-20-16(19)14-6-8-15(17)9-7-14;/h6-9H,3-5,10-13H2,1-2H3;1H. The number of ether oxygens (including phenoxy) is 1. The van der Waals surface area contributed by atoms with Crippen LogP contribution in [0, 0.1) is 5.82 Å². The van der Waals surface area contributed by atoms with Crippen LogP contribution in [-0.2, 0) is 4.74 Å². The van der Waals surface area contributed by atoms with Gasteiger partial charge < -0.3 is 9.64 Å². The van der Waals surface area contributed by atoms with Crippen LogP contribution in [0.15, 0.2) is 24.3 Å². The second-order valence-electron chi connectivity index (χ2n) is 4.84. The van der Waals surface area contributed by atoms with E-state index in [9.17, 15) is 9.18 Å². The van der Waals surface area contributed by atoms with Gasteiger partial charge in [0.05, 0.1) is 12.2 Å². The summed E-state index contributed by atoms with van der Waals surface area (Å²) in [5, 5.41) is 0. The summed E-state index contributed by atoms with van der Waals surface area (Å²) in [6.07, 6.45) is 3.09. The summed E-state index contributed by atoms with van der Waals surface area (Å²) >= 11 is 0. The SMILES string of the molecule is CCCN(CCC)CCCOC(=O)c1ccc(F)cc1.Cl. The highest BCUT2D eigenvalue weighted by Gasteiger charge is 2.07. The van der Waals surface area contributed by atoms with Crippen molar-refractivity contribution in [2.45, 2.75) is 33.1 Å². The zero-order chi connectivity index (χ0) is 14.8. The van der Waals surface area contributed by atoms with Crippen LogP contribution in [-0.4, -0.2) is 37.1 Å². The molecule has 0 amide bonds. The fourth-order valence-corrected chi connectivity index (χ4v) is 2.09. The molecule has 3 nitrogen and oxygen atoms in total. The summed E-state index contributed by atoms with van der Waals surface area (Å²) in [6, 6.07) is 5.41. The van der Waals surface area contributed by atoms with Crippen molar-refractivity contribution >= 4 is 18.4 Å². The van der Waals surface area contributed by atoms with Crippen LogP contribution in [0.3, 0.4) is 0 Å². The number of carbonyl (C=O) groups excluding carboxylic acids is 1. The third kappa shape index (κ3) is 8.02. The Labute approximate surface area is 132 Å². The van der Waals surface area contributed by atoms with Crippen LogP contribution in [0.1, 0.15) is 43.5 Å². The fourth-order valence-electron chi connectivity index (χ4n) is 2.09. The lowest BCUT2D eigenvalue weighted by molar-refractivity contribution is 0.0488. The molecule has 0 radical (unpaired) electrons. The minimum Gasteiger partial charge on any atom is -0.462 e. The highest BCUT2D eigenvalue weighted by molar-refractivity contribution is 5.89. The Kier molecular flexibility index (Phi) is 10.9. The van der Waals surface area contributed by atoms with Gasteiger partial charge in [-0.3, -0.25) is 0 Å². The molecule has 0 aliphatic heterocycles. The first-order chi connectivity index (χ1) is 9.67. The normalized spacial score (nSPS) is 10.3. The molecule has 1 aromatic rings. The maximum absolute atomic E-state index is 12.7. The van der Waals surface area contributed by atoms with Crippen molar-refractivity contribution in [3.05, 3.63) is 35.6 Å². The molecule has 0 fully saturated rings. The molecule has 0 unspecified atom stereocenters. The highest BCUT2D eigenvalue weighted by atomic mass is 35.5. The zero-order valence-corrected chi connectivity index (χ0v) is 13.6. The van der Waals surface area contributed by atoms with Gasteiger partial charge in [0, 0.05) is 6.54 Å². The Morgan fingerprint density at radius 1 is 1.10 bits per heavy atom. The minimum absolute atomic E-state index is 0. The number of halogens is 2. The van der Waals surface area contributed by atoms with Crippen molar-refractivity contribution in [2.75, 3.05) is 26.2 Å². The molecule has 0 atom stereocenters. The first-order valence-corrected chi connectivity index (χ1v) is 7.32. The molecule has 0 aromatic heterocycles. The molecular weight excluding hydrogens is 293 g/mol. The van der Waals surface area contributed by atoms with Crippen LogP contribution in [0.5, 0.6) is 0 Å². The highest BCUT2D eigenvalue weighted by Crippen LogP contribution is 2.05. The van der Waals surface area contributed by atoms with E-state index in [1.807, 2.05) is 0 Å². The van der Waals surface area contributed by atoms with Crippen molar-refractivity contribution in [2.24, 2.45) is 0 Å². The predicted molar refractivity (Wildman–Crippen MR) is 85.6 cm³/mol. The summed E-state index contributed by atoms with van der Waals surface area (Å²) < 4.78 is 17.9. The quantitative estimate of drug-likeness (QED) is 0.511. The van der Waals surface area contributed by atoms with E-state index >= 15 is 0 Å². The molecule has 0 aliphatic rings. The number of carbonyl (C=O) groups is 1. The third-order valence-electron chi connectivity index (χ3n) is 3.01. The fraction of sp³-hybridized carbons (Fsp3) is 0.562. The Balaban J connectivity index is 0.00000400. The van der Waals surface area contributed by atoms with Crippen LogP contribution >= 0.6 is 12.4 Å². The van der Waals surface area contributed by atoms with Crippen molar-refractivity contribution in [3.8, 4) is 0 Å². The van der Waals surface area contributed by atoms with Gasteiger partial charge in [0.15, 0.2) is 0 Å². The van der Waals surface area contributed by atoms with E-state index in [2.05, 4.69) is 18.7 Å². The molecule has 1 rings (SSSR count). The first-order valence-electron chi connectivity index (χ1n) is 7.32. The Bertz CT molecular complexity index is 392.